The minimum absolute atomic E-state index is 0.0892. The number of para-hydroxylation sites is 1. The van der Waals surface area contributed by atoms with Crippen LogP contribution in [0, 0.1) is 0 Å². The fourth-order valence-corrected chi connectivity index (χ4v) is 4.27. The molecule has 4 aromatic rings. The van der Waals surface area contributed by atoms with Gasteiger partial charge >= 0.3 is 6.61 Å². The van der Waals surface area contributed by atoms with Gasteiger partial charge in [-0.2, -0.15) is 8.78 Å². The van der Waals surface area contributed by atoms with E-state index in [1.165, 1.54) is 36.6 Å². The summed E-state index contributed by atoms with van der Waals surface area (Å²) >= 11 is 6.46. The van der Waals surface area contributed by atoms with Gasteiger partial charge in [0.1, 0.15) is 0 Å². The Labute approximate surface area is 241 Å². The second kappa shape index (κ2) is 13.2. The Kier molecular flexibility index (Phi) is 9.53. The summed E-state index contributed by atoms with van der Waals surface area (Å²) in [7, 11) is 5.64. The molecule has 0 fully saturated rings. The minimum Gasteiger partial charge on any atom is -0.433 e. The van der Waals surface area contributed by atoms with Gasteiger partial charge in [0.25, 0.3) is 0 Å². The van der Waals surface area contributed by atoms with Gasteiger partial charge in [-0.3, -0.25) is 4.79 Å². The van der Waals surface area contributed by atoms with E-state index < -0.39 is 12.5 Å². The van der Waals surface area contributed by atoms with E-state index in [0.29, 0.717) is 35.2 Å². The maximum atomic E-state index is 13.5. The minimum atomic E-state index is -3.10. The molecule has 2 aromatic carbocycles. The lowest BCUT2D eigenvalue weighted by Gasteiger charge is -2.26. The van der Waals surface area contributed by atoms with Gasteiger partial charge in [-0.05, 0) is 26.2 Å². The molecule has 0 bridgehead atoms. The molecule has 0 aliphatic rings. The molecule has 0 atom stereocenters. The summed E-state index contributed by atoms with van der Waals surface area (Å²) in [5.41, 5.74) is 3.05. The molecule has 214 valence electrons. The Morgan fingerprint density at radius 2 is 1.98 bits per heavy atom. The average molecular weight is 582 g/mol. The molecule has 0 saturated carbocycles. The smallest absolute Gasteiger partial charge is 0.387 e. The predicted molar refractivity (Wildman–Crippen MR) is 160 cm³/mol. The topological polar surface area (TPSA) is 98.4 Å². The van der Waals surface area contributed by atoms with Gasteiger partial charge < -0.3 is 30.2 Å². The van der Waals surface area contributed by atoms with E-state index in [1.54, 1.807) is 13.2 Å². The average Bonchev–Trinajstić information content (AvgIpc) is 3.36. The van der Waals surface area contributed by atoms with Crippen LogP contribution in [0.5, 0.6) is 5.75 Å². The lowest BCUT2D eigenvalue weighted by atomic mass is 10.1. The van der Waals surface area contributed by atoms with E-state index in [2.05, 4.69) is 32.2 Å². The molecule has 12 heteroatoms. The zero-order valence-electron chi connectivity index (χ0n) is 22.8. The van der Waals surface area contributed by atoms with E-state index in [4.69, 9.17) is 16.3 Å². The van der Waals surface area contributed by atoms with Gasteiger partial charge in [0, 0.05) is 54.9 Å². The predicted octanol–water partition coefficient (Wildman–Crippen LogP) is 6.30. The van der Waals surface area contributed by atoms with E-state index >= 15 is 0 Å². The monoisotopic (exact) mass is 581 g/mol. The highest BCUT2D eigenvalue weighted by Crippen LogP contribution is 2.39. The van der Waals surface area contributed by atoms with Crippen LogP contribution >= 0.6 is 11.6 Å². The third-order valence-electron chi connectivity index (χ3n) is 6.08. The van der Waals surface area contributed by atoms with Gasteiger partial charge in [-0.1, -0.05) is 48.5 Å². The lowest BCUT2D eigenvalue weighted by Crippen LogP contribution is -2.29. The lowest BCUT2D eigenvalue weighted by molar-refractivity contribution is -0.111. The van der Waals surface area contributed by atoms with Gasteiger partial charge in [-0.15, -0.1) is 0 Å². The van der Waals surface area contributed by atoms with Crippen molar-refractivity contribution in [1.82, 2.24) is 19.9 Å². The van der Waals surface area contributed by atoms with Gasteiger partial charge in [-0.25, -0.2) is 9.97 Å². The van der Waals surface area contributed by atoms with Crippen molar-refractivity contribution in [3.8, 4) is 17.0 Å². The normalized spacial score (nSPS) is 11.4. The van der Waals surface area contributed by atoms with Crippen LogP contribution in [0.1, 0.15) is 0 Å². The largest absolute Gasteiger partial charge is 0.433 e. The molecule has 1 amide bonds. The number of anilines is 4. The first-order valence-electron chi connectivity index (χ1n) is 12.6. The molecule has 0 unspecified atom stereocenters. The van der Waals surface area contributed by atoms with Crippen molar-refractivity contribution < 1.29 is 18.3 Å². The summed E-state index contributed by atoms with van der Waals surface area (Å²) in [6, 6.07) is 10.6. The number of likely N-dealkylation sites (N-methyl/N-ethyl adjacent to an activating group) is 2. The van der Waals surface area contributed by atoms with Gasteiger partial charge in [0.15, 0.2) is 5.75 Å². The standard InChI is InChI=1S/C29H30ClF2N7O2/c1-5-6-11-26(40)35-22-14-23(25(41-28(31)32)15-24(22)39(4)13-12-38(2)3)36-29-34-17-20(30)27(37-29)19-16-33-21-10-8-7-9-18(19)21/h5-11,14-17,28,33H,1,12-13H2,2-4H3,(H,35,40)(H,34,36,37)/b11-6-. The second-order valence-corrected chi connectivity index (χ2v) is 9.72. The van der Waals surface area contributed by atoms with Gasteiger partial charge in [0.05, 0.1) is 34.0 Å². The molecular formula is C29H30ClF2N7O2. The van der Waals surface area contributed by atoms with Crippen molar-refractivity contribution in [1.29, 1.82) is 0 Å². The van der Waals surface area contributed by atoms with Crippen LogP contribution in [0.3, 0.4) is 0 Å². The molecule has 0 aliphatic heterocycles. The van der Waals surface area contributed by atoms with Crippen molar-refractivity contribution in [3.05, 3.63) is 78.6 Å². The number of H-pyrrole nitrogens is 1. The van der Waals surface area contributed by atoms with Crippen LogP contribution < -0.4 is 20.3 Å². The summed E-state index contributed by atoms with van der Waals surface area (Å²) in [6.07, 6.45) is 7.49. The summed E-state index contributed by atoms with van der Waals surface area (Å²) in [6.45, 7) is 1.70. The molecule has 0 radical (unpaired) electrons. The maximum Gasteiger partial charge on any atom is 0.387 e. The van der Waals surface area contributed by atoms with Crippen LogP contribution in [-0.2, 0) is 4.79 Å². The highest BCUT2D eigenvalue weighted by atomic mass is 35.5. The Hall–Kier alpha value is -4.48. The number of amides is 1. The molecule has 9 nitrogen and oxygen atoms in total. The Morgan fingerprint density at radius 3 is 2.71 bits per heavy atom. The van der Waals surface area contributed by atoms with Crippen molar-refractivity contribution in [2.24, 2.45) is 0 Å². The number of fused-ring (bicyclic) bond motifs is 1. The summed E-state index contributed by atoms with van der Waals surface area (Å²) in [5.74, 6) is -0.491. The SMILES string of the molecule is C=C/C=C\C(=O)Nc1cc(Nc2ncc(Cl)c(-c3c[nH]c4ccccc34)n2)c(OC(F)F)cc1N(C)CCN(C)C. The molecular weight excluding hydrogens is 552 g/mol. The number of hydrogen-bond acceptors (Lipinski definition) is 7. The van der Waals surface area contributed by atoms with Crippen molar-refractivity contribution in [2.45, 2.75) is 6.61 Å². The van der Waals surface area contributed by atoms with Crippen LogP contribution in [-0.4, -0.2) is 66.6 Å². The number of nitrogens with zero attached hydrogens (tertiary/aromatic N) is 4. The summed E-state index contributed by atoms with van der Waals surface area (Å²) in [5, 5.41) is 6.99. The van der Waals surface area contributed by atoms with Crippen molar-refractivity contribution >= 4 is 51.4 Å². The zero-order chi connectivity index (χ0) is 29.5. The van der Waals surface area contributed by atoms with Crippen molar-refractivity contribution in [2.75, 3.05) is 49.8 Å². The second-order valence-electron chi connectivity index (χ2n) is 9.32. The molecule has 0 spiro atoms. The molecule has 0 saturated heterocycles. The fraction of sp³-hybridized carbons (Fsp3) is 0.207. The number of alkyl halides is 2. The fourth-order valence-electron chi connectivity index (χ4n) is 4.08. The number of hydrogen-bond donors (Lipinski definition) is 3. The van der Waals surface area contributed by atoms with E-state index in [1.807, 2.05) is 48.2 Å². The molecule has 2 aromatic heterocycles. The highest BCUT2D eigenvalue weighted by Gasteiger charge is 2.20. The number of aromatic nitrogens is 3. The molecule has 2 heterocycles. The van der Waals surface area contributed by atoms with E-state index in [0.717, 1.165) is 16.5 Å². The number of halogens is 3. The van der Waals surface area contributed by atoms with Crippen LogP contribution in [0.2, 0.25) is 5.02 Å². The van der Waals surface area contributed by atoms with Crippen molar-refractivity contribution in [3.63, 3.8) is 0 Å². The number of allylic oxidation sites excluding steroid dienone is 2. The Bertz CT molecular complexity index is 1570. The van der Waals surface area contributed by atoms with Crippen LogP contribution in [0.25, 0.3) is 22.2 Å². The Morgan fingerprint density at radius 1 is 1.20 bits per heavy atom. The molecule has 0 aliphatic carbocycles. The van der Waals surface area contributed by atoms with E-state index in [-0.39, 0.29) is 17.4 Å². The summed E-state index contributed by atoms with van der Waals surface area (Å²) < 4.78 is 31.9. The number of rotatable bonds is 12. The first kappa shape index (κ1) is 29.5. The molecule has 3 N–H and O–H groups in total. The number of aromatic amines is 1. The molecule has 4 rings (SSSR count). The summed E-state index contributed by atoms with van der Waals surface area (Å²) in [4.78, 5) is 28.4. The zero-order valence-corrected chi connectivity index (χ0v) is 23.5. The molecule has 41 heavy (non-hydrogen) atoms. The first-order chi connectivity index (χ1) is 19.7. The number of carbonyl (C=O) groups excluding carboxylic acids is 1. The van der Waals surface area contributed by atoms with Crippen LogP contribution in [0.4, 0.5) is 31.8 Å². The third kappa shape index (κ3) is 7.38. The van der Waals surface area contributed by atoms with Crippen LogP contribution in [0.15, 0.2) is 73.6 Å². The maximum absolute atomic E-state index is 13.5. The number of carbonyl (C=O) groups is 1. The van der Waals surface area contributed by atoms with E-state index in [9.17, 15) is 13.6 Å². The van der Waals surface area contributed by atoms with Gasteiger partial charge in [0.2, 0.25) is 11.9 Å². The quantitative estimate of drug-likeness (QED) is 0.133. The number of ether oxygens (including phenoxy) is 1. The third-order valence-corrected chi connectivity index (χ3v) is 6.36. The first-order valence-corrected chi connectivity index (χ1v) is 13.0. The number of benzene rings is 2. The highest BCUT2D eigenvalue weighted by molar-refractivity contribution is 6.33. The number of nitrogens with one attached hydrogen (secondary N) is 3. The Balaban J connectivity index is 1.77.